The van der Waals surface area contributed by atoms with Gasteiger partial charge in [-0.25, -0.2) is 0 Å². The Balaban J connectivity index is 1.48. The Labute approximate surface area is 203 Å². The minimum absolute atomic E-state index is 0.0662. The first-order valence-electron chi connectivity index (χ1n) is 9.84. The molecule has 8 nitrogen and oxygen atoms in total. The number of ether oxygens (including phenoxy) is 3. The highest BCUT2D eigenvalue weighted by Gasteiger charge is 2.34. The number of benzene rings is 2. The van der Waals surface area contributed by atoms with Gasteiger partial charge in [0.2, 0.25) is 0 Å². The van der Waals surface area contributed by atoms with Crippen LogP contribution in [0.25, 0.3) is 6.08 Å². The van der Waals surface area contributed by atoms with E-state index < -0.39 is 5.91 Å². The lowest BCUT2D eigenvalue weighted by Gasteiger charge is -2.23. The number of hydrogen-bond acceptors (Lipinski definition) is 6. The number of rotatable bonds is 7. The minimum atomic E-state index is -0.540. The van der Waals surface area contributed by atoms with Gasteiger partial charge in [0.15, 0.2) is 23.2 Å². The van der Waals surface area contributed by atoms with E-state index in [9.17, 15) is 4.79 Å². The largest absolute Gasteiger partial charge is 0.493 e. The van der Waals surface area contributed by atoms with Gasteiger partial charge in [-0.2, -0.15) is 4.99 Å². The van der Waals surface area contributed by atoms with Gasteiger partial charge in [-0.3, -0.25) is 10.2 Å². The van der Waals surface area contributed by atoms with Crippen LogP contribution in [0.4, 0.5) is 0 Å². The average molecular weight is 533 g/mol. The molecule has 2 aromatic carbocycles. The standard InChI is InChI=1S/C23H19BrClN3O5/c1-13-9-20-27-23(29)17(22(26)28(20)33-13)10-14-11-18(25)21(19(12-14)30-2)32-8-7-31-16-5-3-15(24)4-6-16/h3-6,9-12,26H,7-8H2,1-2H3/b17-10-,26-22?. The normalized spacial score (nSPS) is 16.2. The summed E-state index contributed by atoms with van der Waals surface area (Å²) in [4.78, 5) is 21.9. The lowest BCUT2D eigenvalue weighted by Crippen LogP contribution is -2.38. The van der Waals surface area contributed by atoms with Crippen molar-refractivity contribution in [3.05, 3.63) is 68.9 Å². The second-order valence-electron chi connectivity index (χ2n) is 7.01. The summed E-state index contributed by atoms with van der Waals surface area (Å²) in [5.74, 6) is 1.63. The fourth-order valence-corrected chi connectivity index (χ4v) is 3.70. The highest BCUT2D eigenvalue weighted by Crippen LogP contribution is 2.37. The van der Waals surface area contributed by atoms with E-state index in [1.54, 1.807) is 25.1 Å². The first kappa shape index (κ1) is 22.9. The number of allylic oxidation sites excluding steroid dienone is 1. The van der Waals surface area contributed by atoms with Crippen molar-refractivity contribution in [2.75, 3.05) is 20.3 Å². The molecule has 33 heavy (non-hydrogen) atoms. The molecule has 0 spiro atoms. The topological polar surface area (TPSA) is 93.4 Å². The Hall–Kier alpha value is -3.30. The van der Waals surface area contributed by atoms with Crippen LogP contribution in [-0.4, -0.2) is 43.0 Å². The molecule has 0 saturated carbocycles. The molecule has 1 N–H and O–H groups in total. The van der Waals surface area contributed by atoms with Gasteiger partial charge in [-0.1, -0.05) is 27.5 Å². The number of nitrogens with zero attached hydrogens (tertiary/aromatic N) is 2. The highest BCUT2D eigenvalue weighted by molar-refractivity contribution is 9.10. The molecule has 10 heteroatoms. The molecule has 0 unspecified atom stereocenters. The predicted molar refractivity (Wildman–Crippen MR) is 128 cm³/mol. The van der Waals surface area contributed by atoms with Gasteiger partial charge in [0.05, 0.1) is 17.7 Å². The number of carbonyl (C=O) groups excluding carboxylic acids is 1. The Morgan fingerprint density at radius 1 is 1.21 bits per heavy atom. The fourth-order valence-electron chi connectivity index (χ4n) is 3.16. The zero-order valence-corrected chi connectivity index (χ0v) is 20.1. The summed E-state index contributed by atoms with van der Waals surface area (Å²) in [7, 11) is 1.49. The summed E-state index contributed by atoms with van der Waals surface area (Å²) in [5, 5.41) is 9.81. The fraction of sp³-hybridized carbons (Fsp3) is 0.174. The van der Waals surface area contributed by atoms with Gasteiger partial charge in [0.25, 0.3) is 5.91 Å². The van der Waals surface area contributed by atoms with Gasteiger partial charge in [-0.05, 0) is 55.0 Å². The number of halogens is 2. The summed E-state index contributed by atoms with van der Waals surface area (Å²) in [6, 6.07) is 10.8. The van der Waals surface area contributed by atoms with E-state index in [-0.39, 0.29) is 23.9 Å². The number of amides is 1. The van der Waals surface area contributed by atoms with Crippen LogP contribution in [-0.2, 0) is 9.63 Å². The van der Waals surface area contributed by atoms with Crippen molar-refractivity contribution in [2.24, 2.45) is 4.99 Å². The van der Waals surface area contributed by atoms with Gasteiger partial charge in [0, 0.05) is 10.5 Å². The molecule has 1 amide bonds. The van der Waals surface area contributed by atoms with Crippen LogP contribution in [0.15, 0.2) is 63.3 Å². The summed E-state index contributed by atoms with van der Waals surface area (Å²) in [5.41, 5.74) is 0.613. The molecule has 170 valence electrons. The number of hydroxylamine groups is 2. The quantitative estimate of drug-likeness (QED) is 0.398. The van der Waals surface area contributed by atoms with Crippen LogP contribution < -0.4 is 14.2 Å². The van der Waals surface area contributed by atoms with Crippen LogP contribution in [0.5, 0.6) is 17.2 Å². The van der Waals surface area contributed by atoms with Crippen molar-refractivity contribution >= 4 is 51.2 Å². The first-order chi connectivity index (χ1) is 15.9. The Kier molecular flexibility index (Phi) is 6.71. The van der Waals surface area contributed by atoms with Crippen LogP contribution in [0.1, 0.15) is 12.5 Å². The molecule has 0 radical (unpaired) electrons. The summed E-state index contributed by atoms with van der Waals surface area (Å²) in [6.07, 6.45) is 3.10. The summed E-state index contributed by atoms with van der Waals surface area (Å²) in [6.45, 7) is 2.27. The zero-order chi connectivity index (χ0) is 23.5. The third-order valence-corrected chi connectivity index (χ3v) is 5.46. The van der Waals surface area contributed by atoms with E-state index in [1.165, 1.54) is 18.2 Å². The van der Waals surface area contributed by atoms with Gasteiger partial charge in [-0.15, -0.1) is 5.06 Å². The lowest BCUT2D eigenvalue weighted by molar-refractivity contribution is -0.114. The van der Waals surface area contributed by atoms with Crippen molar-refractivity contribution < 1.29 is 23.8 Å². The predicted octanol–water partition coefficient (Wildman–Crippen LogP) is 5.02. The summed E-state index contributed by atoms with van der Waals surface area (Å²) >= 11 is 9.81. The number of nitrogens with one attached hydrogen (secondary N) is 1. The maximum atomic E-state index is 12.5. The van der Waals surface area contributed by atoms with Crippen LogP contribution in [0.2, 0.25) is 5.02 Å². The van der Waals surface area contributed by atoms with Crippen molar-refractivity contribution in [1.29, 1.82) is 5.41 Å². The molecular weight excluding hydrogens is 514 g/mol. The van der Waals surface area contributed by atoms with Crippen LogP contribution >= 0.6 is 27.5 Å². The Morgan fingerprint density at radius 2 is 1.94 bits per heavy atom. The highest BCUT2D eigenvalue weighted by atomic mass is 79.9. The second-order valence-corrected chi connectivity index (χ2v) is 8.33. The minimum Gasteiger partial charge on any atom is -0.493 e. The number of carbonyl (C=O) groups is 1. The molecule has 2 heterocycles. The van der Waals surface area contributed by atoms with Crippen molar-refractivity contribution in [2.45, 2.75) is 6.92 Å². The molecule has 2 aliphatic rings. The van der Waals surface area contributed by atoms with E-state index in [4.69, 9.17) is 36.1 Å². The Morgan fingerprint density at radius 3 is 2.67 bits per heavy atom. The number of fused-ring (bicyclic) bond motifs is 1. The third-order valence-electron chi connectivity index (χ3n) is 4.66. The lowest BCUT2D eigenvalue weighted by atomic mass is 10.1. The van der Waals surface area contributed by atoms with Crippen molar-refractivity contribution in [3.63, 3.8) is 0 Å². The van der Waals surface area contributed by atoms with Crippen molar-refractivity contribution in [3.8, 4) is 17.2 Å². The van der Waals surface area contributed by atoms with E-state index in [0.717, 1.165) is 10.2 Å². The summed E-state index contributed by atoms with van der Waals surface area (Å²) < 4.78 is 17.8. The molecule has 0 fully saturated rings. The molecule has 2 aromatic rings. The maximum absolute atomic E-state index is 12.5. The molecular formula is C23H19BrClN3O5. The van der Waals surface area contributed by atoms with Gasteiger partial charge < -0.3 is 19.0 Å². The van der Waals surface area contributed by atoms with Gasteiger partial charge >= 0.3 is 0 Å². The molecule has 2 aliphatic heterocycles. The number of amidine groups is 2. The first-order valence-corrected chi connectivity index (χ1v) is 11.0. The second kappa shape index (κ2) is 9.68. The molecule has 0 saturated heterocycles. The SMILES string of the molecule is COc1cc(/C=C2/C(=N)N3OC(C)=CC3=NC2=O)cc(Cl)c1OCCOc1ccc(Br)cc1. The van der Waals surface area contributed by atoms with E-state index in [2.05, 4.69) is 20.9 Å². The monoisotopic (exact) mass is 531 g/mol. The molecule has 4 rings (SSSR count). The molecule has 0 atom stereocenters. The number of aliphatic imine (C=N–C) groups is 1. The molecule has 0 aliphatic carbocycles. The van der Waals surface area contributed by atoms with E-state index in [1.807, 2.05) is 24.3 Å². The number of hydrogen-bond donors (Lipinski definition) is 1. The maximum Gasteiger partial charge on any atom is 0.282 e. The average Bonchev–Trinajstić information content (AvgIpc) is 3.16. The van der Waals surface area contributed by atoms with Crippen LogP contribution in [0, 0.1) is 5.41 Å². The smallest absolute Gasteiger partial charge is 0.282 e. The zero-order valence-electron chi connectivity index (χ0n) is 17.7. The number of methoxy groups -OCH3 is 1. The van der Waals surface area contributed by atoms with Crippen molar-refractivity contribution in [1.82, 2.24) is 5.06 Å². The third kappa shape index (κ3) is 5.04. The molecule has 0 aromatic heterocycles. The molecule has 0 bridgehead atoms. The van der Waals surface area contributed by atoms with Gasteiger partial charge in [0.1, 0.15) is 24.7 Å². The van der Waals surface area contributed by atoms with E-state index >= 15 is 0 Å². The Bertz CT molecular complexity index is 1210. The van der Waals surface area contributed by atoms with E-state index in [0.29, 0.717) is 34.5 Å². The van der Waals surface area contributed by atoms with Crippen LogP contribution in [0.3, 0.4) is 0 Å².